The van der Waals surface area contributed by atoms with Gasteiger partial charge in [0, 0.05) is 37.8 Å². The molecule has 31 heavy (non-hydrogen) atoms. The standard InChI is InChI=1S/C24H26N2O5/c1-29-18-5-3-16(4-6-18)15-26-11-9-17(10-12-26)25-24(28)23-14-21(27)20-8-7-19(30-2)13-22(20)31-23/h3-8,13-14,17H,9-12,15H2,1-2H3,(H,25,28). The Balaban J connectivity index is 1.36. The van der Waals surface area contributed by atoms with E-state index in [4.69, 9.17) is 13.9 Å². The molecule has 7 nitrogen and oxygen atoms in total. The fourth-order valence-corrected chi connectivity index (χ4v) is 3.86. The van der Waals surface area contributed by atoms with Crippen LogP contribution in [0.5, 0.6) is 11.5 Å². The molecule has 2 heterocycles. The highest BCUT2D eigenvalue weighted by atomic mass is 16.5. The molecule has 7 heteroatoms. The fourth-order valence-electron chi connectivity index (χ4n) is 3.86. The van der Waals surface area contributed by atoms with Crippen LogP contribution in [-0.4, -0.2) is 44.2 Å². The molecule has 0 aliphatic carbocycles. The van der Waals surface area contributed by atoms with E-state index in [9.17, 15) is 9.59 Å². The monoisotopic (exact) mass is 422 g/mol. The van der Waals surface area contributed by atoms with Gasteiger partial charge in [-0.1, -0.05) is 12.1 Å². The lowest BCUT2D eigenvalue weighted by Crippen LogP contribution is -2.44. The number of likely N-dealkylation sites (tertiary alicyclic amines) is 1. The van der Waals surface area contributed by atoms with Crippen LogP contribution in [-0.2, 0) is 6.54 Å². The van der Waals surface area contributed by atoms with Crippen LogP contribution in [0.3, 0.4) is 0 Å². The molecule has 1 aliphatic rings. The maximum atomic E-state index is 12.7. The van der Waals surface area contributed by atoms with Crippen molar-refractivity contribution in [3.05, 3.63) is 70.1 Å². The van der Waals surface area contributed by atoms with Crippen LogP contribution in [0.1, 0.15) is 29.0 Å². The van der Waals surface area contributed by atoms with E-state index in [2.05, 4.69) is 22.3 Å². The summed E-state index contributed by atoms with van der Waals surface area (Å²) in [6.07, 6.45) is 1.68. The summed E-state index contributed by atoms with van der Waals surface area (Å²) in [7, 11) is 3.20. The predicted octanol–water partition coefficient (Wildman–Crippen LogP) is 3.20. The average Bonchev–Trinajstić information content (AvgIpc) is 2.80. The number of hydrogen-bond donors (Lipinski definition) is 1. The topological polar surface area (TPSA) is 81.0 Å². The highest BCUT2D eigenvalue weighted by molar-refractivity contribution is 5.93. The zero-order chi connectivity index (χ0) is 21.8. The van der Waals surface area contributed by atoms with Gasteiger partial charge in [-0.2, -0.15) is 0 Å². The number of ether oxygens (including phenoxy) is 2. The van der Waals surface area contributed by atoms with Gasteiger partial charge in [-0.15, -0.1) is 0 Å². The van der Waals surface area contributed by atoms with Crippen LogP contribution < -0.4 is 20.2 Å². The van der Waals surface area contributed by atoms with Crippen molar-refractivity contribution in [2.24, 2.45) is 0 Å². The van der Waals surface area contributed by atoms with E-state index < -0.39 is 0 Å². The molecule has 0 radical (unpaired) electrons. The number of amides is 1. The van der Waals surface area contributed by atoms with Crippen molar-refractivity contribution in [3.63, 3.8) is 0 Å². The number of hydrogen-bond acceptors (Lipinski definition) is 6. The van der Waals surface area contributed by atoms with Crippen LogP contribution in [0.2, 0.25) is 0 Å². The van der Waals surface area contributed by atoms with Crippen molar-refractivity contribution in [1.29, 1.82) is 0 Å². The smallest absolute Gasteiger partial charge is 0.287 e. The van der Waals surface area contributed by atoms with Gasteiger partial charge in [0.25, 0.3) is 5.91 Å². The second-order valence-electron chi connectivity index (χ2n) is 7.71. The zero-order valence-corrected chi connectivity index (χ0v) is 17.7. The third kappa shape index (κ3) is 4.88. The normalized spacial score (nSPS) is 15.0. The molecular weight excluding hydrogens is 396 g/mol. The summed E-state index contributed by atoms with van der Waals surface area (Å²) in [6, 6.07) is 14.3. The Morgan fingerprint density at radius 2 is 1.71 bits per heavy atom. The molecule has 162 valence electrons. The number of methoxy groups -OCH3 is 2. The number of piperidine rings is 1. The van der Waals surface area contributed by atoms with Gasteiger partial charge in [0.15, 0.2) is 11.2 Å². The number of nitrogens with one attached hydrogen (secondary N) is 1. The van der Waals surface area contributed by atoms with Gasteiger partial charge in [0.2, 0.25) is 0 Å². The molecule has 0 spiro atoms. The number of carbonyl (C=O) groups excluding carboxylic acids is 1. The molecule has 0 atom stereocenters. The van der Waals surface area contributed by atoms with Gasteiger partial charge >= 0.3 is 0 Å². The van der Waals surface area contributed by atoms with E-state index in [1.54, 1.807) is 25.3 Å². The van der Waals surface area contributed by atoms with Gasteiger partial charge in [-0.25, -0.2) is 0 Å². The van der Waals surface area contributed by atoms with Crippen molar-refractivity contribution >= 4 is 16.9 Å². The van der Waals surface area contributed by atoms with Crippen molar-refractivity contribution in [1.82, 2.24) is 10.2 Å². The Hall–Kier alpha value is -3.32. The van der Waals surface area contributed by atoms with Gasteiger partial charge < -0.3 is 19.2 Å². The lowest BCUT2D eigenvalue weighted by atomic mass is 10.0. The zero-order valence-electron chi connectivity index (χ0n) is 17.7. The van der Waals surface area contributed by atoms with Crippen molar-refractivity contribution in [2.75, 3.05) is 27.3 Å². The molecule has 0 unspecified atom stereocenters. The lowest BCUT2D eigenvalue weighted by Gasteiger charge is -2.32. The average molecular weight is 422 g/mol. The van der Waals surface area contributed by atoms with Crippen molar-refractivity contribution in [2.45, 2.75) is 25.4 Å². The minimum atomic E-state index is -0.365. The lowest BCUT2D eigenvalue weighted by molar-refractivity contribution is 0.0881. The number of rotatable bonds is 6. The number of benzene rings is 2. The summed E-state index contributed by atoms with van der Waals surface area (Å²) in [6.45, 7) is 2.64. The van der Waals surface area contributed by atoms with Crippen LogP contribution in [0.4, 0.5) is 0 Å². The first-order chi connectivity index (χ1) is 15.1. The Bertz CT molecular complexity index is 1120. The summed E-state index contributed by atoms with van der Waals surface area (Å²) >= 11 is 0. The molecule has 2 aromatic carbocycles. The van der Waals surface area contributed by atoms with E-state index in [0.717, 1.165) is 38.2 Å². The first-order valence-electron chi connectivity index (χ1n) is 10.3. The maximum Gasteiger partial charge on any atom is 0.287 e. The Labute approximate surface area is 180 Å². The van der Waals surface area contributed by atoms with Crippen LogP contribution in [0.25, 0.3) is 11.0 Å². The Morgan fingerprint density at radius 3 is 2.39 bits per heavy atom. The molecule has 0 saturated carbocycles. The summed E-state index contributed by atoms with van der Waals surface area (Å²) in [5, 5.41) is 3.43. The summed E-state index contributed by atoms with van der Waals surface area (Å²) in [4.78, 5) is 27.4. The van der Waals surface area contributed by atoms with Gasteiger partial charge in [0.1, 0.15) is 17.1 Å². The largest absolute Gasteiger partial charge is 0.497 e. The van der Waals surface area contributed by atoms with Crippen LogP contribution in [0, 0.1) is 0 Å². The first-order valence-corrected chi connectivity index (χ1v) is 10.3. The Kier molecular flexibility index (Phi) is 6.23. The number of carbonyl (C=O) groups is 1. The van der Waals surface area contributed by atoms with Crippen molar-refractivity contribution in [3.8, 4) is 11.5 Å². The molecule has 3 aromatic rings. The molecule has 1 aliphatic heterocycles. The van der Waals surface area contributed by atoms with E-state index in [1.165, 1.54) is 18.7 Å². The number of nitrogens with zero attached hydrogens (tertiary/aromatic N) is 1. The second-order valence-corrected chi connectivity index (χ2v) is 7.71. The molecule has 1 amide bonds. The second kappa shape index (κ2) is 9.22. The van der Waals surface area contributed by atoms with Gasteiger partial charge in [0.05, 0.1) is 19.6 Å². The van der Waals surface area contributed by atoms with E-state index in [-0.39, 0.29) is 23.1 Å². The Morgan fingerprint density at radius 1 is 1.03 bits per heavy atom. The highest BCUT2D eigenvalue weighted by Crippen LogP contribution is 2.20. The van der Waals surface area contributed by atoms with Crippen LogP contribution in [0.15, 0.2) is 57.7 Å². The number of fused-ring (bicyclic) bond motifs is 1. The third-order valence-corrected chi connectivity index (χ3v) is 5.65. The van der Waals surface area contributed by atoms with Gasteiger partial charge in [-0.05, 0) is 42.7 Å². The summed E-state index contributed by atoms with van der Waals surface area (Å²) in [5.74, 6) is 1.07. The van der Waals surface area contributed by atoms with E-state index in [1.807, 2.05) is 12.1 Å². The van der Waals surface area contributed by atoms with Gasteiger partial charge in [-0.3, -0.25) is 14.5 Å². The molecule has 1 fully saturated rings. The predicted molar refractivity (Wildman–Crippen MR) is 118 cm³/mol. The first kappa shape index (κ1) is 20.9. The third-order valence-electron chi connectivity index (χ3n) is 5.65. The molecule has 1 N–H and O–H groups in total. The van der Waals surface area contributed by atoms with Crippen molar-refractivity contribution < 1.29 is 18.7 Å². The van der Waals surface area contributed by atoms with Crippen LogP contribution >= 0.6 is 0 Å². The fraction of sp³-hybridized carbons (Fsp3) is 0.333. The molecule has 1 saturated heterocycles. The summed E-state index contributed by atoms with van der Waals surface area (Å²) in [5.41, 5.74) is 1.33. The minimum absolute atomic E-state index is 0.0198. The quantitative estimate of drug-likeness (QED) is 0.657. The highest BCUT2D eigenvalue weighted by Gasteiger charge is 2.22. The summed E-state index contributed by atoms with van der Waals surface area (Å²) < 4.78 is 16.1. The molecule has 4 rings (SSSR count). The molecule has 0 bridgehead atoms. The maximum absolute atomic E-state index is 12.7. The SMILES string of the molecule is COc1ccc(CN2CCC(NC(=O)c3cc(=O)c4ccc(OC)cc4o3)CC2)cc1. The van der Waals surface area contributed by atoms with E-state index >= 15 is 0 Å². The van der Waals surface area contributed by atoms with E-state index in [0.29, 0.717) is 16.7 Å². The molecular formula is C24H26N2O5. The molecule has 1 aromatic heterocycles. The minimum Gasteiger partial charge on any atom is -0.497 e.